The molecule has 1 amide bonds. The fourth-order valence-electron chi connectivity index (χ4n) is 1.86. The maximum atomic E-state index is 13.5. The number of hydrogen-bond acceptors (Lipinski definition) is 2. The fraction of sp³-hybridized carbons (Fsp3) is 0.462. The summed E-state index contributed by atoms with van der Waals surface area (Å²) in [6.45, 7) is 0.847. The first kappa shape index (κ1) is 12.0. The predicted molar refractivity (Wildman–Crippen MR) is 63.9 cm³/mol. The number of benzene rings is 1. The van der Waals surface area contributed by atoms with Crippen LogP contribution in [0.1, 0.15) is 18.4 Å². The molecular formula is C13H17FN2O. The molecule has 3 nitrogen and oxygen atoms in total. The smallest absolute Gasteiger partial charge is 0.233 e. The Labute approximate surface area is 101 Å². The maximum Gasteiger partial charge on any atom is 0.233 e. The van der Waals surface area contributed by atoms with Crippen LogP contribution in [0.2, 0.25) is 0 Å². The molecule has 0 heterocycles. The van der Waals surface area contributed by atoms with Crippen molar-refractivity contribution in [1.82, 2.24) is 10.2 Å². The molecule has 2 rings (SSSR count). The van der Waals surface area contributed by atoms with Crippen LogP contribution in [0.5, 0.6) is 0 Å². The van der Waals surface area contributed by atoms with Gasteiger partial charge in [-0.1, -0.05) is 18.2 Å². The molecule has 17 heavy (non-hydrogen) atoms. The predicted octanol–water partition coefficient (Wildman–Crippen LogP) is 1.54. The Morgan fingerprint density at radius 1 is 1.47 bits per heavy atom. The quantitative estimate of drug-likeness (QED) is 0.841. The minimum Gasteiger partial charge on any atom is -0.358 e. The number of rotatable bonds is 5. The van der Waals surface area contributed by atoms with Crippen molar-refractivity contribution in [3.05, 3.63) is 35.6 Å². The highest BCUT2D eigenvalue weighted by Crippen LogP contribution is 2.28. The molecule has 92 valence electrons. The van der Waals surface area contributed by atoms with Crippen LogP contribution in [0, 0.1) is 5.82 Å². The number of nitrogens with zero attached hydrogens (tertiary/aromatic N) is 1. The van der Waals surface area contributed by atoms with Crippen molar-refractivity contribution in [2.24, 2.45) is 0 Å². The van der Waals surface area contributed by atoms with Crippen LogP contribution >= 0.6 is 0 Å². The van der Waals surface area contributed by atoms with Crippen LogP contribution in [-0.2, 0) is 11.3 Å². The topological polar surface area (TPSA) is 32.3 Å². The highest BCUT2D eigenvalue weighted by Gasteiger charge is 2.30. The summed E-state index contributed by atoms with van der Waals surface area (Å²) in [7, 11) is 1.62. The van der Waals surface area contributed by atoms with E-state index >= 15 is 0 Å². The normalized spacial score (nSPS) is 15.0. The van der Waals surface area contributed by atoms with E-state index in [-0.39, 0.29) is 11.7 Å². The van der Waals surface area contributed by atoms with Gasteiger partial charge in [0.15, 0.2) is 0 Å². The van der Waals surface area contributed by atoms with Gasteiger partial charge in [0.1, 0.15) is 5.82 Å². The van der Waals surface area contributed by atoms with E-state index in [0.29, 0.717) is 24.7 Å². The van der Waals surface area contributed by atoms with Crippen LogP contribution in [0.25, 0.3) is 0 Å². The summed E-state index contributed by atoms with van der Waals surface area (Å²) < 4.78 is 13.5. The average molecular weight is 236 g/mol. The zero-order valence-corrected chi connectivity index (χ0v) is 9.95. The van der Waals surface area contributed by atoms with Crippen LogP contribution < -0.4 is 5.32 Å². The van der Waals surface area contributed by atoms with E-state index in [1.165, 1.54) is 6.07 Å². The van der Waals surface area contributed by atoms with Crippen LogP contribution in [0.4, 0.5) is 4.39 Å². The third-order valence-electron chi connectivity index (χ3n) is 3.02. The molecule has 1 aliphatic rings. The van der Waals surface area contributed by atoms with Crippen LogP contribution in [-0.4, -0.2) is 30.4 Å². The molecule has 1 aromatic carbocycles. The van der Waals surface area contributed by atoms with Gasteiger partial charge < -0.3 is 5.32 Å². The zero-order valence-electron chi connectivity index (χ0n) is 9.95. The summed E-state index contributed by atoms with van der Waals surface area (Å²) in [6, 6.07) is 7.17. The van der Waals surface area contributed by atoms with Gasteiger partial charge in [0.2, 0.25) is 5.91 Å². The van der Waals surface area contributed by atoms with Gasteiger partial charge in [0.25, 0.3) is 0 Å². The number of likely N-dealkylation sites (N-methyl/N-ethyl adjacent to an activating group) is 1. The molecule has 0 aromatic heterocycles. The SMILES string of the molecule is CNC(=O)CN(Cc1ccccc1F)C1CC1. The number of halogens is 1. The second-order valence-electron chi connectivity index (χ2n) is 4.40. The Kier molecular flexibility index (Phi) is 3.74. The lowest BCUT2D eigenvalue weighted by atomic mass is 10.2. The second-order valence-corrected chi connectivity index (χ2v) is 4.40. The van der Waals surface area contributed by atoms with E-state index in [9.17, 15) is 9.18 Å². The molecule has 1 aliphatic carbocycles. The van der Waals surface area contributed by atoms with Crippen molar-refractivity contribution in [1.29, 1.82) is 0 Å². The van der Waals surface area contributed by atoms with Gasteiger partial charge in [-0.2, -0.15) is 0 Å². The molecule has 0 radical (unpaired) electrons. The molecule has 1 saturated carbocycles. The third kappa shape index (κ3) is 3.27. The van der Waals surface area contributed by atoms with Crippen molar-refractivity contribution >= 4 is 5.91 Å². The molecule has 0 saturated heterocycles. The van der Waals surface area contributed by atoms with Crippen molar-refractivity contribution in [2.45, 2.75) is 25.4 Å². The highest BCUT2D eigenvalue weighted by molar-refractivity contribution is 5.77. The van der Waals surface area contributed by atoms with Crippen molar-refractivity contribution in [3.8, 4) is 0 Å². The van der Waals surface area contributed by atoms with Gasteiger partial charge in [-0.15, -0.1) is 0 Å². The summed E-state index contributed by atoms with van der Waals surface area (Å²) in [5.74, 6) is -0.219. The number of nitrogens with one attached hydrogen (secondary N) is 1. The Hall–Kier alpha value is -1.42. The van der Waals surface area contributed by atoms with Crippen molar-refractivity contribution < 1.29 is 9.18 Å². The second kappa shape index (κ2) is 5.27. The van der Waals surface area contributed by atoms with E-state index in [2.05, 4.69) is 5.32 Å². The van der Waals surface area contributed by atoms with E-state index in [4.69, 9.17) is 0 Å². The summed E-state index contributed by atoms with van der Waals surface area (Å²) in [4.78, 5) is 13.4. The van der Waals surface area contributed by atoms with Gasteiger partial charge in [-0.25, -0.2) is 4.39 Å². The molecule has 0 aliphatic heterocycles. The van der Waals surface area contributed by atoms with Crippen LogP contribution in [0.15, 0.2) is 24.3 Å². The zero-order chi connectivity index (χ0) is 12.3. The fourth-order valence-corrected chi connectivity index (χ4v) is 1.86. The molecule has 1 aromatic rings. The van der Waals surface area contributed by atoms with E-state index in [0.717, 1.165) is 12.8 Å². The number of carbonyl (C=O) groups excluding carboxylic acids is 1. The average Bonchev–Trinajstić information content (AvgIpc) is 3.15. The summed E-state index contributed by atoms with van der Waals surface area (Å²) in [5.41, 5.74) is 0.656. The Balaban J connectivity index is 2.02. The molecular weight excluding hydrogens is 219 g/mol. The molecule has 0 bridgehead atoms. The van der Waals surface area contributed by atoms with E-state index in [1.54, 1.807) is 19.2 Å². The lowest BCUT2D eigenvalue weighted by Crippen LogP contribution is -2.36. The Bertz CT molecular complexity index is 404. The van der Waals surface area contributed by atoms with Gasteiger partial charge in [-0.05, 0) is 18.9 Å². The monoisotopic (exact) mass is 236 g/mol. The first-order chi connectivity index (χ1) is 8.20. The molecule has 1 fully saturated rings. The lowest BCUT2D eigenvalue weighted by molar-refractivity contribution is -0.122. The number of carbonyl (C=O) groups is 1. The molecule has 0 spiro atoms. The standard InChI is InChI=1S/C13H17FN2O/c1-15-13(17)9-16(11-6-7-11)8-10-4-2-3-5-12(10)14/h2-5,11H,6-9H2,1H3,(H,15,17). The third-order valence-corrected chi connectivity index (χ3v) is 3.02. The van der Waals surface area contributed by atoms with Crippen molar-refractivity contribution in [3.63, 3.8) is 0 Å². The van der Waals surface area contributed by atoms with Gasteiger partial charge >= 0.3 is 0 Å². The number of amides is 1. The van der Waals surface area contributed by atoms with Gasteiger partial charge in [0.05, 0.1) is 6.54 Å². The first-order valence-corrected chi connectivity index (χ1v) is 5.88. The Morgan fingerprint density at radius 3 is 2.76 bits per heavy atom. The van der Waals surface area contributed by atoms with E-state index < -0.39 is 0 Å². The largest absolute Gasteiger partial charge is 0.358 e. The van der Waals surface area contributed by atoms with Crippen LogP contribution in [0.3, 0.4) is 0 Å². The lowest BCUT2D eigenvalue weighted by Gasteiger charge is -2.21. The molecule has 0 unspecified atom stereocenters. The summed E-state index contributed by atoms with van der Waals surface area (Å²) in [5, 5.41) is 2.60. The van der Waals surface area contributed by atoms with Crippen molar-refractivity contribution in [2.75, 3.05) is 13.6 Å². The summed E-state index contributed by atoms with van der Waals surface area (Å²) >= 11 is 0. The maximum absolute atomic E-state index is 13.5. The molecule has 1 N–H and O–H groups in total. The van der Waals surface area contributed by atoms with Gasteiger partial charge in [0, 0.05) is 25.2 Å². The van der Waals surface area contributed by atoms with Gasteiger partial charge in [-0.3, -0.25) is 9.69 Å². The minimum atomic E-state index is -0.199. The highest BCUT2D eigenvalue weighted by atomic mass is 19.1. The first-order valence-electron chi connectivity index (χ1n) is 5.88. The number of hydrogen-bond donors (Lipinski definition) is 1. The molecule has 0 atom stereocenters. The minimum absolute atomic E-state index is 0.0201. The summed E-state index contributed by atoms with van der Waals surface area (Å²) in [6.07, 6.45) is 2.21. The Morgan fingerprint density at radius 2 is 2.18 bits per heavy atom. The molecule has 4 heteroatoms. The van der Waals surface area contributed by atoms with E-state index in [1.807, 2.05) is 11.0 Å².